The lowest BCUT2D eigenvalue weighted by Crippen LogP contribution is -2.82. The number of benzene rings is 1. The number of fused-ring (bicyclic) bond motifs is 5. The van der Waals surface area contributed by atoms with Crippen LogP contribution in [0.25, 0.3) is 0 Å². The molecule has 1 heterocycles. The van der Waals surface area contributed by atoms with Gasteiger partial charge < -0.3 is 39.0 Å². The quantitative estimate of drug-likeness (QED) is 0.260. The van der Waals surface area contributed by atoms with Crippen LogP contribution >= 0.6 is 0 Å². The summed E-state index contributed by atoms with van der Waals surface area (Å²) in [6.07, 6.45) is -8.69. The number of hydrogen-bond donors (Lipinski definition) is 3. The molecule has 0 spiro atoms. The van der Waals surface area contributed by atoms with Gasteiger partial charge in [0.15, 0.2) is 17.5 Å². The number of carbonyl (C=O) groups is 4. The van der Waals surface area contributed by atoms with Gasteiger partial charge in [0.1, 0.15) is 17.8 Å². The van der Waals surface area contributed by atoms with Crippen LogP contribution in [0.5, 0.6) is 0 Å². The van der Waals surface area contributed by atoms with Crippen molar-refractivity contribution < 1.29 is 58.2 Å². The summed E-state index contributed by atoms with van der Waals surface area (Å²) in [5.74, 6) is -3.87. The third-order valence-electron chi connectivity index (χ3n) is 10.3. The van der Waals surface area contributed by atoms with Gasteiger partial charge in [0, 0.05) is 25.2 Å². The topological polar surface area (TPSA) is 175 Å². The van der Waals surface area contributed by atoms with Crippen LogP contribution in [0.4, 0.5) is 4.79 Å². The molecule has 5 rings (SSSR count). The first-order chi connectivity index (χ1) is 20.1. The van der Waals surface area contributed by atoms with Crippen molar-refractivity contribution >= 4 is 23.9 Å². The average molecular weight is 603 g/mol. The third-order valence-corrected chi connectivity index (χ3v) is 10.3. The lowest BCUT2D eigenvalue weighted by Gasteiger charge is -2.67. The molecular weight excluding hydrogens is 564 g/mol. The van der Waals surface area contributed by atoms with Gasteiger partial charge in [0.05, 0.1) is 42.8 Å². The highest BCUT2D eigenvalue weighted by atomic mass is 16.8. The molecule has 1 aromatic carbocycles. The first-order valence-corrected chi connectivity index (χ1v) is 14.2. The molecule has 1 saturated heterocycles. The van der Waals surface area contributed by atoms with E-state index in [2.05, 4.69) is 0 Å². The van der Waals surface area contributed by atoms with Gasteiger partial charge in [-0.25, -0.2) is 9.59 Å². The Labute approximate surface area is 248 Å². The molecule has 1 aliphatic heterocycles. The molecule has 1 unspecified atom stereocenters. The van der Waals surface area contributed by atoms with Gasteiger partial charge in [-0.05, 0) is 37.1 Å². The number of ketones is 1. The molecule has 43 heavy (non-hydrogen) atoms. The second-order valence-corrected chi connectivity index (χ2v) is 12.7. The number of esters is 2. The van der Waals surface area contributed by atoms with E-state index < -0.39 is 82.3 Å². The van der Waals surface area contributed by atoms with Crippen LogP contribution < -0.4 is 0 Å². The Morgan fingerprint density at radius 1 is 1.05 bits per heavy atom. The number of hydrogen-bond acceptors (Lipinski definition) is 12. The highest BCUT2D eigenvalue weighted by Gasteiger charge is 2.78. The van der Waals surface area contributed by atoms with Crippen LogP contribution in [0.3, 0.4) is 0 Å². The highest BCUT2D eigenvalue weighted by molar-refractivity contribution is 5.95. The van der Waals surface area contributed by atoms with Crippen LogP contribution in [0.1, 0.15) is 57.8 Å². The number of ether oxygens (including phenoxy) is 5. The van der Waals surface area contributed by atoms with Gasteiger partial charge in [-0.3, -0.25) is 9.59 Å². The molecule has 4 aliphatic rings. The van der Waals surface area contributed by atoms with Crippen LogP contribution in [0.15, 0.2) is 41.5 Å². The first kappa shape index (κ1) is 31.1. The van der Waals surface area contributed by atoms with Gasteiger partial charge in [0.25, 0.3) is 0 Å². The predicted molar refractivity (Wildman–Crippen MR) is 146 cm³/mol. The highest BCUT2D eigenvalue weighted by Crippen LogP contribution is 2.64. The molecular formula is C31H38O12. The molecule has 3 fully saturated rings. The Kier molecular flexibility index (Phi) is 7.52. The lowest BCUT2D eigenvalue weighted by molar-refractivity contribution is -0.344. The van der Waals surface area contributed by atoms with E-state index in [1.54, 1.807) is 39.0 Å². The number of aliphatic hydroxyl groups excluding tert-OH is 2. The van der Waals surface area contributed by atoms with E-state index in [0.29, 0.717) is 5.57 Å². The fraction of sp³-hybridized carbons (Fsp3) is 0.613. The van der Waals surface area contributed by atoms with E-state index in [9.17, 15) is 34.5 Å². The van der Waals surface area contributed by atoms with E-state index in [4.69, 9.17) is 23.7 Å². The summed E-state index contributed by atoms with van der Waals surface area (Å²) in [6, 6.07) is 7.98. The van der Waals surface area contributed by atoms with E-state index in [1.807, 2.05) is 0 Å². The van der Waals surface area contributed by atoms with Crippen molar-refractivity contribution in [1.29, 1.82) is 0 Å². The smallest absolute Gasteiger partial charge is 0.455 e. The zero-order valence-corrected chi connectivity index (χ0v) is 25.0. The van der Waals surface area contributed by atoms with Crippen molar-refractivity contribution in [3.8, 4) is 0 Å². The summed E-state index contributed by atoms with van der Waals surface area (Å²) in [6.45, 7) is 7.06. The number of aliphatic hydroxyl groups is 3. The largest absolute Gasteiger partial charge is 0.508 e. The molecule has 0 radical (unpaired) electrons. The second-order valence-electron chi connectivity index (χ2n) is 12.7. The second kappa shape index (κ2) is 10.4. The fourth-order valence-electron chi connectivity index (χ4n) is 7.83. The van der Waals surface area contributed by atoms with Crippen molar-refractivity contribution in [2.75, 3.05) is 13.7 Å². The molecule has 12 nitrogen and oxygen atoms in total. The maximum absolute atomic E-state index is 14.8. The fourth-order valence-corrected chi connectivity index (χ4v) is 7.83. The van der Waals surface area contributed by atoms with Gasteiger partial charge in [-0.2, -0.15) is 0 Å². The molecule has 2 bridgehead atoms. The van der Waals surface area contributed by atoms with Crippen molar-refractivity contribution in [3.63, 3.8) is 0 Å². The minimum Gasteiger partial charge on any atom is -0.455 e. The number of methoxy groups -OCH3 is 1. The standard InChI is InChI=1S/C31H38O12/c1-15-18(33)13-31(38)25(42-26(36)17-10-8-7-9-11-17)23-29(5,24(35)22(41-16(2)32)21(15)28(31,3)4)19(34)12-20-30(23,14-40-20)43-27(37)39-6/h7-11,18-20,22-23,25,33-34,38H,12-14H2,1-6H3/t18-,19+,20+,22+,23?,25-,29+,30-,31+/m0/s1. The van der Waals surface area contributed by atoms with Crippen LogP contribution in [0.2, 0.25) is 0 Å². The average Bonchev–Trinajstić information content (AvgIpc) is 2.95. The molecule has 3 N–H and O–H groups in total. The minimum absolute atomic E-state index is 0.136. The summed E-state index contributed by atoms with van der Waals surface area (Å²) in [5, 5.41) is 35.9. The van der Waals surface area contributed by atoms with Crippen LogP contribution in [-0.2, 0) is 33.3 Å². The van der Waals surface area contributed by atoms with E-state index in [0.717, 1.165) is 14.0 Å². The molecule has 234 valence electrons. The zero-order chi connectivity index (χ0) is 31.7. The molecule has 0 amide bonds. The van der Waals surface area contributed by atoms with E-state index >= 15 is 0 Å². The lowest BCUT2D eigenvalue weighted by atomic mass is 9.44. The van der Waals surface area contributed by atoms with Gasteiger partial charge >= 0.3 is 18.1 Å². The Morgan fingerprint density at radius 2 is 1.70 bits per heavy atom. The van der Waals surface area contributed by atoms with Crippen LogP contribution in [-0.4, -0.2) is 94.6 Å². The van der Waals surface area contributed by atoms with E-state index in [1.165, 1.54) is 19.1 Å². The number of rotatable bonds is 4. The third kappa shape index (κ3) is 4.33. The van der Waals surface area contributed by atoms with Crippen LogP contribution in [0, 0.1) is 16.7 Å². The summed E-state index contributed by atoms with van der Waals surface area (Å²) in [4.78, 5) is 53.7. The molecule has 2 saturated carbocycles. The van der Waals surface area contributed by atoms with Gasteiger partial charge in [-0.1, -0.05) is 32.0 Å². The van der Waals surface area contributed by atoms with E-state index in [-0.39, 0.29) is 30.6 Å². The van der Waals surface area contributed by atoms with Gasteiger partial charge in [-0.15, -0.1) is 0 Å². The van der Waals surface area contributed by atoms with Gasteiger partial charge in [0.2, 0.25) is 0 Å². The molecule has 3 aliphatic carbocycles. The van der Waals surface area contributed by atoms with Crippen molar-refractivity contribution in [2.45, 2.75) is 89.2 Å². The zero-order valence-electron chi connectivity index (χ0n) is 25.0. The summed E-state index contributed by atoms with van der Waals surface area (Å²) in [5.41, 5.74) is -6.69. The minimum atomic E-state index is -2.15. The molecule has 1 aromatic rings. The maximum Gasteiger partial charge on any atom is 0.508 e. The molecule has 9 atom stereocenters. The Bertz CT molecular complexity index is 1370. The van der Waals surface area contributed by atoms with Crippen molar-refractivity contribution in [1.82, 2.24) is 0 Å². The van der Waals surface area contributed by atoms with Crippen molar-refractivity contribution in [2.24, 2.45) is 16.7 Å². The van der Waals surface area contributed by atoms with Crippen molar-refractivity contribution in [3.05, 3.63) is 47.0 Å². The summed E-state index contributed by atoms with van der Waals surface area (Å²) < 4.78 is 28.2. The Balaban J connectivity index is 1.84. The Hall–Kier alpha value is -3.32. The number of carbonyl (C=O) groups excluding carboxylic acids is 4. The molecule has 12 heteroatoms. The Morgan fingerprint density at radius 3 is 2.26 bits per heavy atom. The number of Topliss-reactive ketones (excluding diaryl/α,β-unsaturated/α-hetero) is 1. The maximum atomic E-state index is 14.8. The molecule has 0 aromatic heterocycles. The summed E-state index contributed by atoms with van der Waals surface area (Å²) >= 11 is 0. The normalized spacial score (nSPS) is 39.6. The monoisotopic (exact) mass is 602 g/mol. The predicted octanol–water partition coefficient (Wildman–Crippen LogP) is 1.87. The SMILES string of the molecule is COC(=O)O[C@@]12CO[C@@H]1C[C@@H](O)[C@@]1(C)C(=O)[C@H](OC(C)=O)C3=C(C)[C@@H](O)C[C@@](O)([C@@H](OC(=O)c4ccccc4)C12)C3(C)C. The summed E-state index contributed by atoms with van der Waals surface area (Å²) in [7, 11) is 1.10. The first-order valence-electron chi connectivity index (χ1n) is 14.2.